The summed E-state index contributed by atoms with van der Waals surface area (Å²) in [6, 6.07) is 11.5. The van der Waals surface area contributed by atoms with Crippen LogP contribution in [0.2, 0.25) is 10.0 Å². The molecule has 0 bridgehead atoms. The molecule has 25 heavy (non-hydrogen) atoms. The quantitative estimate of drug-likeness (QED) is 0.856. The third-order valence-corrected chi connectivity index (χ3v) is 4.85. The van der Waals surface area contributed by atoms with Gasteiger partial charge in [0.1, 0.15) is 6.04 Å². The first-order chi connectivity index (χ1) is 11.9. The topological polar surface area (TPSA) is 89.4 Å². The van der Waals surface area contributed by atoms with Gasteiger partial charge in [-0.2, -0.15) is 0 Å². The van der Waals surface area contributed by atoms with Crippen LogP contribution in [-0.2, 0) is 22.6 Å². The summed E-state index contributed by atoms with van der Waals surface area (Å²) in [5.74, 6) is -0.943. The summed E-state index contributed by atoms with van der Waals surface area (Å²) in [7, 11) is 0. The Hall–Kier alpha value is -2.08. The van der Waals surface area contributed by atoms with Crippen molar-refractivity contribution < 1.29 is 9.59 Å². The lowest BCUT2D eigenvalue weighted by molar-refractivity contribution is -0.140. The van der Waals surface area contributed by atoms with Gasteiger partial charge in [0, 0.05) is 16.6 Å². The number of primary amides is 1. The van der Waals surface area contributed by atoms with E-state index in [1.807, 2.05) is 0 Å². The summed E-state index contributed by atoms with van der Waals surface area (Å²) in [4.78, 5) is 26.1. The van der Waals surface area contributed by atoms with Gasteiger partial charge in [-0.15, -0.1) is 0 Å². The number of amides is 2. The molecule has 2 aromatic carbocycles. The molecule has 2 aromatic rings. The average Bonchev–Trinajstić information content (AvgIpc) is 2.96. The van der Waals surface area contributed by atoms with Crippen molar-refractivity contribution in [3.05, 3.63) is 69.2 Å². The molecule has 5 nitrogen and oxygen atoms in total. The number of hydrogen-bond donors (Lipinski definition) is 2. The zero-order valence-electron chi connectivity index (χ0n) is 13.2. The Morgan fingerprint density at radius 2 is 2.08 bits per heavy atom. The molecule has 0 aliphatic carbocycles. The van der Waals surface area contributed by atoms with Crippen LogP contribution in [-0.4, -0.2) is 22.8 Å². The monoisotopic (exact) mass is 376 g/mol. The zero-order chi connectivity index (χ0) is 18.1. The van der Waals surface area contributed by atoms with E-state index in [0.717, 1.165) is 11.1 Å². The summed E-state index contributed by atoms with van der Waals surface area (Å²) in [6.45, 7) is 0.279. The number of carbonyl (C=O) groups is 2. The summed E-state index contributed by atoms with van der Waals surface area (Å²) in [6.07, 6.45) is 0.235. The van der Waals surface area contributed by atoms with Crippen molar-refractivity contribution in [2.45, 2.75) is 25.0 Å². The summed E-state index contributed by atoms with van der Waals surface area (Å²) < 4.78 is 0. The molecule has 0 saturated heterocycles. The number of rotatable bonds is 4. The largest absolute Gasteiger partial charge is 0.368 e. The van der Waals surface area contributed by atoms with E-state index in [1.165, 1.54) is 4.90 Å². The maximum atomic E-state index is 12.8. The summed E-state index contributed by atoms with van der Waals surface area (Å²) in [5, 5.41) is 0.954. The lowest BCUT2D eigenvalue weighted by atomic mass is 10.0. The van der Waals surface area contributed by atoms with Crippen LogP contribution in [0.15, 0.2) is 36.4 Å². The normalized spacial score (nSPS) is 17.2. The first-order valence-electron chi connectivity index (χ1n) is 7.66. The highest BCUT2D eigenvalue weighted by Crippen LogP contribution is 2.34. The molecule has 3 rings (SSSR count). The lowest BCUT2D eigenvalue weighted by Gasteiger charge is -2.26. The zero-order valence-corrected chi connectivity index (χ0v) is 14.7. The molecule has 0 fully saturated rings. The third kappa shape index (κ3) is 3.49. The van der Waals surface area contributed by atoms with Crippen LogP contribution in [0.1, 0.15) is 22.7 Å². The van der Waals surface area contributed by atoms with Crippen LogP contribution < -0.4 is 11.5 Å². The highest BCUT2D eigenvalue weighted by atomic mass is 35.5. The van der Waals surface area contributed by atoms with Crippen LogP contribution in [0.4, 0.5) is 0 Å². The lowest BCUT2D eigenvalue weighted by Crippen LogP contribution is -2.46. The van der Waals surface area contributed by atoms with Crippen molar-refractivity contribution in [1.29, 1.82) is 0 Å². The van der Waals surface area contributed by atoms with Crippen LogP contribution in [0, 0.1) is 6.07 Å². The van der Waals surface area contributed by atoms with E-state index in [-0.39, 0.29) is 18.9 Å². The Morgan fingerprint density at radius 1 is 1.32 bits per heavy atom. The highest BCUT2D eigenvalue weighted by Gasteiger charge is 2.38. The molecule has 2 atom stereocenters. The van der Waals surface area contributed by atoms with Crippen molar-refractivity contribution >= 4 is 35.0 Å². The van der Waals surface area contributed by atoms with Gasteiger partial charge in [0.25, 0.3) is 0 Å². The Kier molecular flexibility index (Phi) is 4.99. The molecule has 2 amide bonds. The van der Waals surface area contributed by atoms with Gasteiger partial charge < -0.3 is 16.4 Å². The van der Waals surface area contributed by atoms with Gasteiger partial charge in [-0.3, -0.25) is 9.59 Å². The number of halogens is 2. The molecule has 1 unspecified atom stereocenters. The fourth-order valence-corrected chi connectivity index (χ4v) is 3.55. The van der Waals surface area contributed by atoms with E-state index in [2.05, 4.69) is 6.07 Å². The van der Waals surface area contributed by atoms with E-state index in [1.54, 1.807) is 36.4 Å². The fourth-order valence-electron chi connectivity index (χ4n) is 3.06. The predicted octanol–water partition coefficient (Wildman–Crippen LogP) is 2.23. The van der Waals surface area contributed by atoms with Crippen LogP contribution in [0.3, 0.4) is 0 Å². The number of hydrogen-bond acceptors (Lipinski definition) is 3. The molecule has 129 valence electrons. The van der Waals surface area contributed by atoms with E-state index in [4.69, 9.17) is 34.7 Å². The Labute approximate surface area is 155 Å². The molecule has 7 heteroatoms. The van der Waals surface area contributed by atoms with Gasteiger partial charge in [0.15, 0.2) is 0 Å². The van der Waals surface area contributed by atoms with Gasteiger partial charge in [-0.05, 0) is 47.4 Å². The summed E-state index contributed by atoms with van der Waals surface area (Å²) >= 11 is 12.0. The Morgan fingerprint density at radius 3 is 2.76 bits per heavy atom. The SMILES string of the molecule is NC(=O)C1c2cc[c]cc2CN1C(=O)[C@H](N)Cc1ccc(Cl)cc1Cl. The molecule has 1 aliphatic heterocycles. The molecule has 1 heterocycles. The van der Waals surface area contributed by atoms with Gasteiger partial charge in [-0.1, -0.05) is 41.4 Å². The minimum atomic E-state index is -0.848. The number of fused-ring (bicyclic) bond motifs is 1. The first kappa shape index (κ1) is 17.7. The molecular weight excluding hydrogens is 361 g/mol. The van der Waals surface area contributed by atoms with Gasteiger partial charge >= 0.3 is 0 Å². The number of nitrogens with zero attached hydrogens (tertiary/aromatic N) is 1. The molecule has 0 aromatic heterocycles. The number of carbonyl (C=O) groups excluding carboxylic acids is 2. The van der Waals surface area contributed by atoms with Crippen molar-refractivity contribution in [2.24, 2.45) is 11.5 Å². The van der Waals surface area contributed by atoms with Crippen molar-refractivity contribution in [2.75, 3.05) is 0 Å². The Balaban J connectivity index is 1.81. The second kappa shape index (κ2) is 7.04. The maximum Gasteiger partial charge on any atom is 0.244 e. The predicted molar refractivity (Wildman–Crippen MR) is 95.9 cm³/mol. The van der Waals surface area contributed by atoms with Crippen molar-refractivity contribution in [3.8, 4) is 0 Å². The third-order valence-electron chi connectivity index (χ3n) is 4.26. The molecular formula is C18H16Cl2N3O2. The minimum absolute atomic E-state index is 0.235. The van der Waals surface area contributed by atoms with Crippen LogP contribution >= 0.6 is 23.2 Å². The standard InChI is InChI=1S/C18H16Cl2N3O2/c19-12-6-5-10(14(20)8-12)7-15(21)18(25)23-9-11-3-1-2-4-13(11)16(23)17(22)24/h2-6,8,15-16H,7,9,21H2,(H2,22,24)/t15-,16?/m1/s1. The second-order valence-corrected chi connectivity index (χ2v) is 6.79. The first-order valence-corrected chi connectivity index (χ1v) is 8.42. The average molecular weight is 377 g/mol. The smallest absolute Gasteiger partial charge is 0.244 e. The Bertz CT molecular complexity index is 841. The minimum Gasteiger partial charge on any atom is -0.368 e. The molecule has 0 saturated carbocycles. The highest BCUT2D eigenvalue weighted by molar-refractivity contribution is 6.35. The van der Waals surface area contributed by atoms with E-state index in [0.29, 0.717) is 15.6 Å². The fraction of sp³-hybridized carbons (Fsp3) is 0.222. The van der Waals surface area contributed by atoms with Crippen LogP contribution in [0.25, 0.3) is 0 Å². The molecule has 1 radical (unpaired) electrons. The van der Waals surface area contributed by atoms with E-state index >= 15 is 0 Å². The van der Waals surface area contributed by atoms with Crippen LogP contribution in [0.5, 0.6) is 0 Å². The van der Waals surface area contributed by atoms with Gasteiger partial charge in [0.2, 0.25) is 11.8 Å². The molecule has 0 spiro atoms. The summed E-state index contributed by atoms with van der Waals surface area (Å²) in [5.41, 5.74) is 13.9. The maximum absolute atomic E-state index is 12.8. The molecule has 1 aliphatic rings. The van der Waals surface area contributed by atoms with Gasteiger partial charge in [0.05, 0.1) is 6.04 Å². The number of benzene rings is 2. The second-order valence-electron chi connectivity index (χ2n) is 5.94. The van der Waals surface area contributed by atoms with Crippen molar-refractivity contribution in [3.63, 3.8) is 0 Å². The van der Waals surface area contributed by atoms with Gasteiger partial charge in [-0.25, -0.2) is 0 Å². The van der Waals surface area contributed by atoms with E-state index < -0.39 is 18.0 Å². The van der Waals surface area contributed by atoms with Crippen molar-refractivity contribution in [1.82, 2.24) is 4.90 Å². The molecule has 4 N–H and O–H groups in total. The number of nitrogens with two attached hydrogens (primary N) is 2. The van der Waals surface area contributed by atoms with E-state index in [9.17, 15) is 9.59 Å².